The van der Waals surface area contributed by atoms with E-state index in [0.717, 1.165) is 47.6 Å². The van der Waals surface area contributed by atoms with E-state index in [9.17, 15) is 4.79 Å². The lowest BCUT2D eigenvalue weighted by Gasteiger charge is -2.14. The average molecular weight is 351 g/mol. The van der Waals surface area contributed by atoms with Gasteiger partial charge in [0, 0.05) is 22.7 Å². The van der Waals surface area contributed by atoms with Gasteiger partial charge in [0.2, 0.25) is 0 Å². The Kier molecular flexibility index (Phi) is 4.93. The average Bonchev–Trinajstić information content (AvgIpc) is 3.28. The number of hydrogen-bond donors (Lipinski definition) is 1. The molecule has 2 aromatic rings. The van der Waals surface area contributed by atoms with E-state index in [1.54, 1.807) is 0 Å². The van der Waals surface area contributed by atoms with Crippen LogP contribution >= 0.6 is 0 Å². The van der Waals surface area contributed by atoms with Crippen molar-refractivity contribution < 1.29 is 14.3 Å². The zero-order valence-corrected chi connectivity index (χ0v) is 15.2. The molecule has 0 bridgehead atoms. The Morgan fingerprint density at radius 3 is 2.81 bits per heavy atom. The fourth-order valence-corrected chi connectivity index (χ4v) is 3.82. The summed E-state index contributed by atoms with van der Waals surface area (Å²) in [5, 5.41) is 3.49. The molecular formula is C22H25NO3. The van der Waals surface area contributed by atoms with Gasteiger partial charge in [-0.25, -0.2) is 0 Å². The van der Waals surface area contributed by atoms with Crippen LogP contribution in [0.4, 0.5) is 0 Å². The third-order valence-corrected chi connectivity index (χ3v) is 5.13. The van der Waals surface area contributed by atoms with Crippen LogP contribution in [-0.2, 0) is 0 Å². The molecule has 0 amide bonds. The molecule has 2 aliphatic rings. The summed E-state index contributed by atoms with van der Waals surface area (Å²) in [6, 6.07) is 12.1. The van der Waals surface area contributed by atoms with Gasteiger partial charge in [-0.15, -0.1) is 0 Å². The van der Waals surface area contributed by atoms with Crippen molar-refractivity contribution in [2.75, 3.05) is 19.8 Å². The predicted octanol–water partition coefficient (Wildman–Crippen LogP) is 4.21. The topological polar surface area (TPSA) is 47.6 Å². The van der Waals surface area contributed by atoms with E-state index in [1.807, 2.05) is 36.4 Å². The number of carbonyl (C=O) groups is 1. The summed E-state index contributed by atoms with van der Waals surface area (Å²) in [6.45, 7) is 4.49. The van der Waals surface area contributed by atoms with Gasteiger partial charge in [0.15, 0.2) is 5.78 Å². The molecule has 1 aliphatic heterocycles. The highest BCUT2D eigenvalue weighted by atomic mass is 16.5. The van der Waals surface area contributed by atoms with Crippen molar-refractivity contribution >= 4 is 5.78 Å². The molecule has 4 rings (SSSR count). The molecule has 1 heterocycles. The molecule has 136 valence electrons. The standard InChI is InChI=1S/C22H25NO3/c1-2-12-25-16-8-9-17-19(14-16)22(24)18-6-3-7-20(21(17)18)26-13-10-15-5-4-11-23-15/h3,6-9,14-15,23H,2,4-5,10-13H2,1H3. The predicted molar refractivity (Wildman–Crippen MR) is 102 cm³/mol. The molecular weight excluding hydrogens is 326 g/mol. The molecule has 2 aromatic carbocycles. The number of hydrogen-bond acceptors (Lipinski definition) is 4. The zero-order valence-electron chi connectivity index (χ0n) is 15.2. The van der Waals surface area contributed by atoms with Crippen molar-refractivity contribution in [2.45, 2.75) is 38.6 Å². The maximum absolute atomic E-state index is 12.8. The van der Waals surface area contributed by atoms with Crippen LogP contribution in [0, 0.1) is 0 Å². The maximum Gasteiger partial charge on any atom is 0.194 e. The number of ether oxygens (including phenoxy) is 2. The molecule has 1 atom stereocenters. The second-order valence-corrected chi connectivity index (χ2v) is 6.99. The quantitative estimate of drug-likeness (QED) is 0.693. The Hall–Kier alpha value is -2.33. The van der Waals surface area contributed by atoms with Crippen molar-refractivity contribution in [3.8, 4) is 22.6 Å². The molecule has 1 N–H and O–H groups in total. The molecule has 4 nitrogen and oxygen atoms in total. The van der Waals surface area contributed by atoms with Gasteiger partial charge in [0.05, 0.1) is 13.2 Å². The first-order valence-electron chi connectivity index (χ1n) is 9.59. The highest BCUT2D eigenvalue weighted by Crippen LogP contribution is 2.43. The number of carbonyl (C=O) groups excluding carboxylic acids is 1. The summed E-state index contributed by atoms with van der Waals surface area (Å²) >= 11 is 0. The van der Waals surface area contributed by atoms with Crippen LogP contribution in [0.2, 0.25) is 0 Å². The van der Waals surface area contributed by atoms with E-state index in [0.29, 0.717) is 24.8 Å². The number of nitrogens with one attached hydrogen (secondary N) is 1. The van der Waals surface area contributed by atoms with Gasteiger partial charge in [-0.2, -0.15) is 0 Å². The summed E-state index contributed by atoms with van der Waals surface area (Å²) in [5.41, 5.74) is 3.31. The molecule has 1 unspecified atom stereocenters. The van der Waals surface area contributed by atoms with Gasteiger partial charge in [-0.1, -0.05) is 19.1 Å². The van der Waals surface area contributed by atoms with E-state index in [1.165, 1.54) is 12.8 Å². The number of rotatable bonds is 7. The van der Waals surface area contributed by atoms with Gasteiger partial charge in [-0.05, 0) is 62.1 Å². The Balaban J connectivity index is 1.56. The van der Waals surface area contributed by atoms with E-state index in [2.05, 4.69) is 12.2 Å². The SMILES string of the molecule is CCCOc1ccc2c(c1)C(=O)c1cccc(OCCC3CCCN3)c1-2. The largest absolute Gasteiger partial charge is 0.494 e. The van der Waals surface area contributed by atoms with Crippen LogP contribution in [0.1, 0.15) is 48.5 Å². The smallest absolute Gasteiger partial charge is 0.194 e. The normalized spacial score (nSPS) is 17.9. The second-order valence-electron chi connectivity index (χ2n) is 6.99. The number of ketones is 1. The van der Waals surface area contributed by atoms with Crippen molar-refractivity contribution in [1.82, 2.24) is 5.32 Å². The molecule has 0 saturated carbocycles. The summed E-state index contributed by atoms with van der Waals surface area (Å²) in [6.07, 6.45) is 4.40. The first-order chi connectivity index (χ1) is 12.8. The molecule has 4 heteroatoms. The molecule has 0 radical (unpaired) electrons. The summed E-state index contributed by atoms with van der Waals surface area (Å²) in [4.78, 5) is 12.8. The van der Waals surface area contributed by atoms with Crippen LogP contribution in [0.5, 0.6) is 11.5 Å². The lowest BCUT2D eigenvalue weighted by Crippen LogP contribution is -2.23. The third kappa shape index (κ3) is 3.21. The van der Waals surface area contributed by atoms with Gasteiger partial charge in [0.1, 0.15) is 11.5 Å². The highest BCUT2D eigenvalue weighted by Gasteiger charge is 2.30. The number of fused-ring (bicyclic) bond motifs is 3. The Bertz CT molecular complexity index is 809. The second kappa shape index (κ2) is 7.50. The summed E-state index contributed by atoms with van der Waals surface area (Å²) < 4.78 is 11.8. The third-order valence-electron chi connectivity index (χ3n) is 5.13. The first-order valence-corrected chi connectivity index (χ1v) is 9.59. The fraction of sp³-hybridized carbons (Fsp3) is 0.409. The lowest BCUT2D eigenvalue weighted by molar-refractivity contribution is 0.104. The minimum Gasteiger partial charge on any atom is -0.494 e. The number of benzene rings is 2. The van der Waals surface area contributed by atoms with Crippen molar-refractivity contribution in [3.05, 3.63) is 47.5 Å². The van der Waals surface area contributed by atoms with Crippen LogP contribution < -0.4 is 14.8 Å². The van der Waals surface area contributed by atoms with Crippen LogP contribution in [0.15, 0.2) is 36.4 Å². The van der Waals surface area contributed by atoms with E-state index >= 15 is 0 Å². The monoisotopic (exact) mass is 351 g/mol. The molecule has 0 spiro atoms. The molecule has 26 heavy (non-hydrogen) atoms. The van der Waals surface area contributed by atoms with E-state index in [4.69, 9.17) is 9.47 Å². The minimum absolute atomic E-state index is 0.0554. The van der Waals surface area contributed by atoms with Gasteiger partial charge >= 0.3 is 0 Å². The van der Waals surface area contributed by atoms with Crippen LogP contribution in [0.25, 0.3) is 11.1 Å². The van der Waals surface area contributed by atoms with Crippen molar-refractivity contribution in [1.29, 1.82) is 0 Å². The molecule has 1 saturated heterocycles. The van der Waals surface area contributed by atoms with Crippen molar-refractivity contribution in [2.24, 2.45) is 0 Å². The highest BCUT2D eigenvalue weighted by molar-refractivity contribution is 6.22. The minimum atomic E-state index is 0.0554. The molecule has 1 fully saturated rings. The van der Waals surface area contributed by atoms with Gasteiger partial charge < -0.3 is 14.8 Å². The Morgan fingerprint density at radius 2 is 2.00 bits per heavy atom. The van der Waals surface area contributed by atoms with Crippen LogP contribution in [-0.4, -0.2) is 31.6 Å². The van der Waals surface area contributed by atoms with Crippen molar-refractivity contribution in [3.63, 3.8) is 0 Å². The van der Waals surface area contributed by atoms with E-state index < -0.39 is 0 Å². The molecule has 1 aliphatic carbocycles. The zero-order chi connectivity index (χ0) is 17.9. The Morgan fingerprint density at radius 1 is 1.08 bits per heavy atom. The van der Waals surface area contributed by atoms with Gasteiger partial charge in [-0.3, -0.25) is 4.79 Å². The molecule has 0 aromatic heterocycles. The summed E-state index contributed by atoms with van der Waals surface area (Å²) in [7, 11) is 0. The lowest BCUT2D eigenvalue weighted by atomic mass is 10.0. The summed E-state index contributed by atoms with van der Waals surface area (Å²) in [5.74, 6) is 1.61. The fourth-order valence-electron chi connectivity index (χ4n) is 3.82. The first kappa shape index (κ1) is 17.1. The Labute approximate surface area is 154 Å². The maximum atomic E-state index is 12.8. The van der Waals surface area contributed by atoms with Gasteiger partial charge in [0.25, 0.3) is 0 Å². The van der Waals surface area contributed by atoms with E-state index in [-0.39, 0.29) is 5.78 Å². The van der Waals surface area contributed by atoms with Crippen LogP contribution in [0.3, 0.4) is 0 Å².